The van der Waals surface area contributed by atoms with E-state index < -0.39 is 11.9 Å². The van der Waals surface area contributed by atoms with E-state index in [4.69, 9.17) is 4.74 Å². The van der Waals surface area contributed by atoms with Crippen LogP contribution in [-0.2, 0) is 16.1 Å². The Hall–Kier alpha value is -4.13. The van der Waals surface area contributed by atoms with E-state index in [0.717, 1.165) is 11.1 Å². The van der Waals surface area contributed by atoms with Crippen LogP contribution in [0, 0.1) is 6.92 Å². The quantitative estimate of drug-likeness (QED) is 0.529. The summed E-state index contributed by atoms with van der Waals surface area (Å²) in [6.45, 7) is 2.18. The van der Waals surface area contributed by atoms with Gasteiger partial charge in [0.25, 0.3) is 11.8 Å². The van der Waals surface area contributed by atoms with Crippen molar-refractivity contribution in [1.29, 1.82) is 0 Å². The molecule has 7 heteroatoms. The lowest BCUT2D eigenvalue weighted by molar-refractivity contribution is -0.139. The summed E-state index contributed by atoms with van der Waals surface area (Å²) in [5, 5.41) is 5.23. The lowest BCUT2D eigenvalue weighted by atomic mass is 10.1. The van der Waals surface area contributed by atoms with Gasteiger partial charge in [0.2, 0.25) is 0 Å². The molecule has 32 heavy (non-hydrogen) atoms. The summed E-state index contributed by atoms with van der Waals surface area (Å²) in [6.07, 6.45) is 0. The summed E-state index contributed by atoms with van der Waals surface area (Å²) in [7, 11) is 1.24. The molecular formula is C25H24N2O5. The standard InChI is InChI=1S/C25H24N2O5/c1-17-6-3-7-18(12-17)16-32-22-11-5-9-20(14-22)25(30)27-21-10-4-8-19(13-21)24(29)26-15-23(28)31-2/h3-14H,15-16H2,1-2H3,(H,26,29)(H,27,30). The molecule has 0 aliphatic heterocycles. The van der Waals surface area contributed by atoms with Crippen molar-refractivity contribution >= 4 is 23.5 Å². The number of amides is 2. The summed E-state index contributed by atoms with van der Waals surface area (Å²) in [6, 6.07) is 21.3. The zero-order valence-corrected chi connectivity index (χ0v) is 17.9. The van der Waals surface area contributed by atoms with Crippen molar-refractivity contribution in [1.82, 2.24) is 5.32 Å². The Morgan fingerprint density at radius 1 is 0.844 bits per heavy atom. The van der Waals surface area contributed by atoms with Crippen molar-refractivity contribution in [2.75, 3.05) is 19.0 Å². The van der Waals surface area contributed by atoms with Gasteiger partial charge in [-0.3, -0.25) is 14.4 Å². The van der Waals surface area contributed by atoms with Gasteiger partial charge in [-0.25, -0.2) is 0 Å². The van der Waals surface area contributed by atoms with Crippen LogP contribution >= 0.6 is 0 Å². The number of aryl methyl sites for hydroxylation is 1. The Morgan fingerprint density at radius 2 is 1.56 bits per heavy atom. The van der Waals surface area contributed by atoms with Crippen molar-refractivity contribution in [3.63, 3.8) is 0 Å². The van der Waals surface area contributed by atoms with Gasteiger partial charge < -0.3 is 20.1 Å². The summed E-state index contributed by atoms with van der Waals surface area (Å²) in [4.78, 5) is 36.1. The highest BCUT2D eigenvalue weighted by atomic mass is 16.5. The van der Waals surface area contributed by atoms with Gasteiger partial charge in [0.05, 0.1) is 7.11 Å². The van der Waals surface area contributed by atoms with Crippen LogP contribution in [-0.4, -0.2) is 31.4 Å². The number of nitrogens with one attached hydrogen (secondary N) is 2. The maximum Gasteiger partial charge on any atom is 0.325 e. The van der Waals surface area contributed by atoms with Crippen LogP contribution in [0.2, 0.25) is 0 Å². The van der Waals surface area contributed by atoms with Gasteiger partial charge >= 0.3 is 5.97 Å². The first-order valence-electron chi connectivity index (χ1n) is 9.99. The maximum atomic E-state index is 12.7. The highest BCUT2D eigenvalue weighted by molar-refractivity contribution is 6.05. The number of carbonyl (C=O) groups is 3. The highest BCUT2D eigenvalue weighted by Crippen LogP contribution is 2.18. The number of hydrogen-bond acceptors (Lipinski definition) is 5. The van der Waals surface area contributed by atoms with Gasteiger partial charge in [-0.1, -0.05) is 42.0 Å². The normalized spacial score (nSPS) is 10.2. The van der Waals surface area contributed by atoms with Crippen LogP contribution in [0.4, 0.5) is 5.69 Å². The third-order valence-electron chi connectivity index (χ3n) is 4.59. The second-order valence-corrected chi connectivity index (χ2v) is 7.10. The number of anilines is 1. The molecule has 0 aromatic heterocycles. The molecule has 0 aliphatic carbocycles. The van der Waals surface area contributed by atoms with Crippen LogP contribution in [0.25, 0.3) is 0 Å². The zero-order chi connectivity index (χ0) is 22.9. The number of benzene rings is 3. The second kappa shape index (κ2) is 10.8. The van der Waals surface area contributed by atoms with Crippen molar-refractivity contribution < 1.29 is 23.9 Å². The first kappa shape index (κ1) is 22.6. The number of ether oxygens (including phenoxy) is 2. The lowest BCUT2D eigenvalue weighted by Crippen LogP contribution is -2.30. The SMILES string of the molecule is COC(=O)CNC(=O)c1cccc(NC(=O)c2cccc(OCc3cccc(C)c3)c2)c1. The van der Waals surface area contributed by atoms with Gasteiger partial charge in [0.15, 0.2) is 0 Å². The van der Waals surface area contributed by atoms with E-state index in [1.165, 1.54) is 13.2 Å². The fourth-order valence-corrected chi connectivity index (χ4v) is 2.96. The van der Waals surface area contributed by atoms with E-state index in [-0.39, 0.29) is 12.5 Å². The number of hydrogen-bond donors (Lipinski definition) is 2. The smallest absolute Gasteiger partial charge is 0.325 e. The van der Waals surface area contributed by atoms with Crippen LogP contribution in [0.5, 0.6) is 5.75 Å². The third-order valence-corrected chi connectivity index (χ3v) is 4.59. The molecule has 3 aromatic rings. The molecule has 0 atom stereocenters. The van der Waals surface area contributed by atoms with E-state index in [0.29, 0.717) is 29.2 Å². The predicted octanol–water partition coefficient (Wildman–Crippen LogP) is 3.73. The van der Waals surface area contributed by atoms with E-state index in [2.05, 4.69) is 15.4 Å². The van der Waals surface area contributed by atoms with Gasteiger partial charge in [0, 0.05) is 16.8 Å². The minimum absolute atomic E-state index is 0.235. The van der Waals surface area contributed by atoms with Crippen LogP contribution < -0.4 is 15.4 Å². The molecule has 0 bridgehead atoms. The summed E-state index contributed by atoms with van der Waals surface area (Å²) < 4.78 is 10.3. The van der Waals surface area contributed by atoms with E-state index in [1.807, 2.05) is 31.2 Å². The fraction of sp³-hybridized carbons (Fsp3) is 0.160. The maximum absolute atomic E-state index is 12.7. The van der Waals surface area contributed by atoms with Crippen LogP contribution in [0.3, 0.4) is 0 Å². The molecule has 164 valence electrons. The topological polar surface area (TPSA) is 93.7 Å². The molecule has 0 aliphatic rings. The molecule has 0 radical (unpaired) electrons. The van der Waals surface area contributed by atoms with Crippen LogP contribution in [0.15, 0.2) is 72.8 Å². The molecule has 2 amide bonds. The van der Waals surface area contributed by atoms with E-state index in [9.17, 15) is 14.4 Å². The Bertz CT molecular complexity index is 1130. The first-order chi connectivity index (χ1) is 15.4. The predicted molar refractivity (Wildman–Crippen MR) is 121 cm³/mol. The second-order valence-electron chi connectivity index (χ2n) is 7.10. The number of rotatable bonds is 8. The largest absolute Gasteiger partial charge is 0.489 e. The lowest BCUT2D eigenvalue weighted by Gasteiger charge is -2.10. The molecule has 7 nitrogen and oxygen atoms in total. The van der Waals surface area contributed by atoms with Crippen molar-refractivity contribution in [3.05, 3.63) is 95.1 Å². The molecule has 0 saturated carbocycles. The van der Waals surface area contributed by atoms with Crippen molar-refractivity contribution in [2.24, 2.45) is 0 Å². The first-order valence-corrected chi connectivity index (χ1v) is 9.99. The van der Waals surface area contributed by atoms with Crippen molar-refractivity contribution in [2.45, 2.75) is 13.5 Å². The third kappa shape index (κ3) is 6.43. The molecule has 0 fully saturated rings. The van der Waals surface area contributed by atoms with Gasteiger partial charge in [0.1, 0.15) is 18.9 Å². The molecule has 0 saturated heterocycles. The molecule has 0 unspecified atom stereocenters. The van der Waals surface area contributed by atoms with Crippen molar-refractivity contribution in [3.8, 4) is 5.75 Å². The Morgan fingerprint density at radius 3 is 2.31 bits per heavy atom. The Kier molecular flexibility index (Phi) is 7.59. The summed E-state index contributed by atoms with van der Waals surface area (Å²) >= 11 is 0. The molecule has 2 N–H and O–H groups in total. The van der Waals surface area contributed by atoms with Gasteiger partial charge in [-0.05, 0) is 48.9 Å². The average molecular weight is 432 g/mol. The molecular weight excluding hydrogens is 408 g/mol. The molecule has 3 aromatic carbocycles. The average Bonchev–Trinajstić information content (AvgIpc) is 2.81. The van der Waals surface area contributed by atoms with Crippen LogP contribution in [0.1, 0.15) is 31.8 Å². The molecule has 3 rings (SSSR count). The van der Waals surface area contributed by atoms with Gasteiger partial charge in [-0.15, -0.1) is 0 Å². The molecule has 0 heterocycles. The minimum Gasteiger partial charge on any atom is -0.489 e. The van der Waals surface area contributed by atoms with Gasteiger partial charge in [-0.2, -0.15) is 0 Å². The Balaban J connectivity index is 1.62. The monoisotopic (exact) mass is 432 g/mol. The number of methoxy groups -OCH3 is 1. The Labute approximate surface area is 186 Å². The minimum atomic E-state index is -0.549. The highest BCUT2D eigenvalue weighted by Gasteiger charge is 2.11. The summed E-state index contributed by atoms with van der Waals surface area (Å²) in [5.74, 6) is -0.751. The fourth-order valence-electron chi connectivity index (χ4n) is 2.96. The van der Waals surface area contributed by atoms with E-state index in [1.54, 1.807) is 42.5 Å². The molecule has 0 spiro atoms. The van der Waals surface area contributed by atoms with E-state index >= 15 is 0 Å². The zero-order valence-electron chi connectivity index (χ0n) is 17.9. The number of carbonyl (C=O) groups excluding carboxylic acids is 3. The number of esters is 1. The summed E-state index contributed by atoms with van der Waals surface area (Å²) in [5.41, 5.74) is 3.38.